The van der Waals surface area contributed by atoms with E-state index in [9.17, 15) is 14.4 Å². The second kappa shape index (κ2) is 6.27. The fourth-order valence-corrected chi connectivity index (χ4v) is 3.17. The van der Waals surface area contributed by atoms with Gasteiger partial charge in [0.15, 0.2) is 6.79 Å². The number of carbonyl (C=O) groups is 3. The third-order valence-corrected chi connectivity index (χ3v) is 4.54. The Kier molecular flexibility index (Phi) is 3.93. The van der Waals surface area contributed by atoms with Gasteiger partial charge in [-0.3, -0.25) is 19.3 Å². The SMILES string of the molecule is COCOc1ccc(N2C[C@H](N3C(=O)c4ccccc4C3=O)C2=O)cc1. The topological polar surface area (TPSA) is 76.2 Å². The molecule has 0 aliphatic carbocycles. The van der Waals surface area contributed by atoms with E-state index in [2.05, 4.69) is 0 Å². The molecule has 7 nitrogen and oxygen atoms in total. The summed E-state index contributed by atoms with van der Waals surface area (Å²) in [6.45, 7) is 0.423. The molecule has 0 spiro atoms. The standard InChI is InChI=1S/C19H16N2O5/c1-25-11-26-13-8-6-12(7-9-13)20-10-16(19(20)24)21-17(22)14-4-2-3-5-15(14)18(21)23/h2-9,16H,10-11H2,1H3/t16-/m0/s1. The van der Waals surface area contributed by atoms with Crippen molar-refractivity contribution in [3.05, 3.63) is 59.7 Å². The van der Waals surface area contributed by atoms with Crippen molar-refractivity contribution in [2.24, 2.45) is 0 Å². The first kappa shape index (κ1) is 16.3. The number of hydrogen-bond acceptors (Lipinski definition) is 5. The molecule has 1 atom stereocenters. The van der Waals surface area contributed by atoms with E-state index in [4.69, 9.17) is 9.47 Å². The van der Waals surface area contributed by atoms with Crippen LogP contribution in [-0.2, 0) is 9.53 Å². The first-order valence-corrected chi connectivity index (χ1v) is 8.12. The number of imide groups is 1. The van der Waals surface area contributed by atoms with Crippen LogP contribution < -0.4 is 9.64 Å². The van der Waals surface area contributed by atoms with Gasteiger partial charge in [0, 0.05) is 12.8 Å². The lowest BCUT2D eigenvalue weighted by Crippen LogP contribution is -2.65. The van der Waals surface area contributed by atoms with Gasteiger partial charge in [-0.25, -0.2) is 0 Å². The third-order valence-electron chi connectivity index (χ3n) is 4.54. The first-order valence-electron chi connectivity index (χ1n) is 8.12. The fourth-order valence-electron chi connectivity index (χ4n) is 3.17. The van der Waals surface area contributed by atoms with Crippen molar-refractivity contribution in [3.8, 4) is 5.75 Å². The molecule has 0 unspecified atom stereocenters. The Bertz CT molecular complexity index is 858. The van der Waals surface area contributed by atoms with Crippen LogP contribution in [0.5, 0.6) is 5.75 Å². The van der Waals surface area contributed by atoms with E-state index >= 15 is 0 Å². The number of amides is 3. The van der Waals surface area contributed by atoms with E-state index < -0.39 is 17.9 Å². The second-order valence-electron chi connectivity index (χ2n) is 6.04. The van der Waals surface area contributed by atoms with E-state index in [0.717, 1.165) is 4.90 Å². The number of methoxy groups -OCH3 is 1. The zero-order valence-corrected chi connectivity index (χ0v) is 14.0. The Morgan fingerprint density at radius 1 is 0.962 bits per heavy atom. The van der Waals surface area contributed by atoms with Crippen LogP contribution in [0.15, 0.2) is 48.5 Å². The van der Waals surface area contributed by atoms with Crippen molar-refractivity contribution in [1.82, 2.24) is 4.90 Å². The van der Waals surface area contributed by atoms with Crippen LogP contribution in [0.1, 0.15) is 20.7 Å². The van der Waals surface area contributed by atoms with Crippen LogP contribution in [0.4, 0.5) is 5.69 Å². The summed E-state index contributed by atoms with van der Waals surface area (Å²) in [6.07, 6.45) is 0. The van der Waals surface area contributed by atoms with Gasteiger partial charge in [0.2, 0.25) is 0 Å². The molecule has 4 rings (SSSR count). The molecule has 1 fully saturated rings. The molecule has 0 N–H and O–H groups in total. The number of anilines is 1. The van der Waals surface area contributed by atoms with Gasteiger partial charge in [0.1, 0.15) is 11.8 Å². The summed E-state index contributed by atoms with van der Waals surface area (Å²) in [7, 11) is 1.53. The second-order valence-corrected chi connectivity index (χ2v) is 6.04. The highest BCUT2D eigenvalue weighted by molar-refractivity contribution is 6.24. The summed E-state index contributed by atoms with van der Waals surface area (Å²) >= 11 is 0. The van der Waals surface area contributed by atoms with Crippen molar-refractivity contribution in [2.75, 3.05) is 25.3 Å². The van der Waals surface area contributed by atoms with Gasteiger partial charge >= 0.3 is 0 Å². The molecule has 132 valence electrons. The monoisotopic (exact) mass is 352 g/mol. The van der Waals surface area contributed by atoms with Gasteiger partial charge in [0.25, 0.3) is 17.7 Å². The zero-order valence-electron chi connectivity index (χ0n) is 14.0. The summed E-state index contributed by atoms with van der Waals surface area (Å²) in [4.78, 5) is 40.1. The lowest BCUT2D eigenvalue weighted by molar-refractivity contribution is -0.127. The van der Waals surface area contributed by atoms with Crippen molar-refractivity contribution in [2.45, 2.75) is 6.04 Å². The van der Waals surface area contributed by atoms with Gasteiger partial charge in [-0.2, -0.15) is 0 Å². The van der Waals surface area contributed by atoms with E-state index in [0.29, 0.717) is 22.6 Å². The predicted molar refractivity (Wildman–Crippen MR) is 92.0 cm³/mol. The van der Waals surface area contributed by atoms with Crippen LogP contribution in [0.25, 0.3) is 0 Å². The maximum absolute atomic E-state index is 12.6. The summed E-state index contributed by atoms with van der Waals surface area (Å²) in [6, 6.07) is 12.8. The minimum Gasteiger partial charge on any atom is -0.468 e. The van der Waals surface area contributed by atoms with Crippen molar-refractivity contribution < 1.29 is 23.9 Å². The fraction of sp³-hybridized carbons (Fsp3) is 0.211. The highest BCUT2D eigenvalue weighted by atomic mass is 16.7. The number of ether oxygens (including phenoxy) is 2. The maximum atomic E-state index is 12.6. The molecule has 2 aromatic carbocycles. The molecule has 3 amide bonds. The number of β-lactam (4-membered cyclic amide) rings is 1. The molecular weight excluding hydrogens is 336 g/mol. The number of carbonyl (C=O) groups excluding carboxylic acids is 3. The van der Waals surface area contributed by atoms with Gasteiger partial charge < -0.3 is 14.4 Å². The van der Waals surface area contributed by atoms with E-state index in [1.807, 2.05) is 0 Å². The molecule has 2 aliphatic heterocycles. The summed E-state index contributed by atoms with van der Waals surface area (Å²) in [5.74, 6) is -0.468. The zero-order chi connectivity index (χ0) is 18.3. The molecule has 0 radical (unpaired) electrons. The molecule has 1 saturated heterocycles. The molecule has 2 aliphatic rings. The third kappa shape index (κ3) is 2.44. The minimum atomic E-state index is -0.758. The van der Waals surface area contributed by atoms with Gasteiger partial charge in [-0.05, 0) is 36.4 Å². The van der Waals surface area contributed by atoms with E-state index in [-0.39, 0.29) is 19.2 Å². The Hall–Kier alpha value is -3.19. The Balaban J connectivity index is 1.48. The average Bonchev–Trinajstić information content (AvgIpc) is 2.92. The molecule has 0 saturated carbocycles. The average molecular weight is 352 g/mol. The normalized spacial score (nSPS) is 18.8. The van der Waals surface area contributed by atoms with Crippen LogP contribution in [-0.4, -0.2) is 49.1 Å². The van der Waals surface area contributed by atoms with Gasteiger partial charge in [-0.1, -0.05) is 12.1 Å². The molecular formula is C19H16N2O5. The van der Waals surface area contributed by atoms with Crippen LogP contribution in [0.2, 0.25) is 0 Å². The Morgan fingerprint density at radius 3 is 2.12 bits per heavy atom. The van der Waals surface area contributed by atoms with Crippen molar-refractivity contribution in [3.63, 3.8) is 0 Å². The quantitative estimate of drug-likeness (QED) is 0.465. The van der Waals surface area contributed by atoms with Crippen LogP contribution >= 0.6 is 0 Å². The minimum absolute atomic E-state index is 0.143. The number of benzene rings is 2. The maximum Gasteiger partial charge on any atom is 0.262 e. The largest absolute Gasteiger partial charge is 0.468 e. The van der Waals surface area contributed by atoms with E-state index in [1.165, 1.54) is 12.0 Å². The summed E-state index contributed by atoms with van der Waals surface area (Å²) in [5.41, 5.74) is 1.39. The van der Waals surface area contributed by atoms with Crippen molar-refractivity contribution in [1.29, 1.82) is 0 Å². The smallest absolute Gasteiger partial charge is 0.262 e. The lowest BCUT2D eigenvalue weighted by Gasteiger charge is -2.41. The van der Waals surface area contributed by atoms with E-state index in [1.54, 1.807) is 48.5 Å². The Labute approximate surface area is 149 Å². The highest BCUT2D eigenvalue weighted by Crippen LogP contribution is 2.32. The Morgan fingerprint density at radius 2 is 1.58 bits per heavy atom. The predicted octanol–water partition coefficient (Wildman–Crippen LogP) is 1.68. The number of nitrogens with zero attached hydrogens (tertiary/aromatic N) is 2. The summed E-state index contributed by atoms with van der Waals surface area (Å²) < 4.78 is 10.1. The molecule has 2 heterocycles. The van der Waals surface area contributed by atoms with Crippen LogP contribution in [0.3, 0.4) is 0 Å². The molecule has 26 heavy (non-hydrogen) atoms. The number of rotatable bonds is 5. The lowest BCUT2D eigenvalue weighted by atomic mass is 10.0. The van der Waals surface area contributed by atoms with Gasteiger partial charge in [0.05, 0.1) is 17.7 Å². The molecule has 0 bridgehead atoms. The molecule has 7 heteroatoms. The summed E-state index contributed by atoms with van der Waals surface area (Å²) in [5, 5.41) is 0. The highest BCUT2D eigenvalue weighted by Gasteiger charge is 2.50. The van der Waals surface area contributed by atoms with Crippen molar-refractivity contribution >= 4 is 23.4 Å². The molecule has 2 aromatic rings. The molecule has 0 aromatic heterocycles. The van der Waals surface area contributed by atoms with Gasteiger partial charge in [-0.15, -0.1) is 0 Å². The number of fused-ring (bicyclic) bond motifs is 1. The number of hydrogen-bond donors (Lipinski definition) is 0. The first-order chi connectivity index (χ1) is 12.6. The van der Waals surface area contributed by atoms with Crippen LogP contribution in [0, 0.1) is 0 Å².